The van der Waals surface area contributed by atoms with E-state index in [0.29, 0.717) is 0 Å². The SMILES string of the molecule is Cn1ccc2ccc3c4cc5ccc(Br)cc5cc4ccc3c21. The maximum Gasteiger partial charge on any atom is 0.0557 e. The molecule has 5 rings (SSSR count). The van der Waals surface area contributed by atoms with Crippen molar-refractivity contribution in [3.05, 3.63) is 71.3 Å². The molecule has 0 fully saturated rings. The van der Waals surface area contributed by atoms with Crippen LogP contribution in [0.25, 0.3) is 43.2 Å². The van der Waals surface area contributed by atoms with Crippen LogP contribution < -0.4 is 0 Å². The molecule has 0 radical (unpaired) electrons. The van der Waals surface area contributed by atoms with Crippen molar-refractivity contribution in [1.82, 2.24) is 4.57 Å². The maximum absolute atomic E-state index is 3.56. The van der Waals surface area contributed by atoms with Gasteiger partial charge in [-0.25, -0.2) is 0 Å². The van der Waals surface area contributed by atoms with Gasteiger partial charge in [0.05, 0.1) is 5.52 Å². The smallest absolute Gasteiger partial charge is 0.0557 e. The highest BCUT2D eigenvalue weighted by atomic mass is 79.9. The average Bonchev–Trinajstić information content (AvgIpc) is 2.94. The van der Waals surface area contributed by atoms with Crippen LogP contribution in [-0.4, -0.2) is 4.57 Å². The van der Waals surface area contributed by atoms with E-state index in [1.54, 1.807) is 0 Å². The lowest BCUT2D eigenvalue weighted by Crippen LogP contribution is -1.87. The molecule has 1 nitrogen and oxygen atoms in total. The van der Waals surface area contributed by atoms with Crippen molar-refractivity contribution in [2.75, 3.05) is 0 Å². The van der Waals surface area contributed by atoms with Gasteiger partial charge in [0.1, 0.15) is 0 Å². The number of hydrogen-bond acceptors (Lipinski definition) is 0. The number of halogens is 1. The van der Waals surface area contributed by atoms with E-state index in [4.69, 9.17) is 0 Å². The van der Waals surface area contributed by atoms with Crippen LogP contribution in [0.4, 0.5) is 0 Å². The lowest BCUT2D eigenvalue weighted by atomic mass is 9.97. The molecule has 0 saturated heterocycles. The Morgan fingerprint density at radius 2 is 1.43 bits per heavy atom. The molecule has 1 heterocycles. The Balaban J connectivity index is 2.00. The molecule has 0 bridgehead atoms. The summed E-state index contributed by atoms with van der Waals surface area (Å²) in [6.45, 7) is 0. The summed E-state index contributed by atoms with van der Waals surface area (Å²) >= 11 is 3.56. The third-order valence-electron chi connectivity index (χ3n) is 4.77. The molecular weight excluding hydrogens is 346 g/mol. The molecular formula is C21H14BrN. The first-order chi connectivity index (χ1) is 11.2. The fraction of sp³-hybridized carbons (Fsp3) is 0.0476. The highest BCUT2D eigenvalue weighted by molar-refractivity contribution is 9.10. The fourth-order valence-corrected chi connectivity index (χ4v) is 4.03. The third kappa shape index (κ3) is 1.85. The molecule has 0 aliphatic carbocycles. The Morgan fingerprint density at radius 3 is 2.35 bits per heavy atom. The van der Waals surface area contributed by atoms with Crippen molar-refractivity contribution < 1.29 is 0 Å². The Morgan fingerprint density at radius 1 is 0.652 bits per heavy atom. The number of hydrogen-bond donors (Lipinski definition) is 0. The van der Waals surface area contributed by atoms with Gasteiger partial charge in [-0.05, 0) is 57.3 Å². The van der Waals surface area contributed by atoms with Crippen molar-refractivity contribution in [3.8, 4) is 0 Å². The summed E-state index contributed by atoms with van der Waals surface area (Å²) in [5.41, 5.74) is 1.31. The van der Waals surface area contributed by atoms with Crippen molar-refractivity contribution in [2.45, 2.75) is 0 Å². The molecule has 0 N–H and O–H groups in total. The Bertz CT molecular complexity index is 1230. The molecule has 2 heteroatoms. The second-order valence-electron chi connectivity index (χ2n) is 6.16. The number of rotatable bonds is 0. The van der Waals surface area contributed by atoms with Gasteiger partial charge in [0, 0.05) is 28.5 Å². The maximum atomic E-state index is 3.56. The van der Waals surface area contributed by atoms with Gasteiger partial charge in [-0.15, -0.1) is 0 Å². The van der Waals surface area contributed by atoms with Crippen LogP contribution in [0.2, 0.25) is 0 Å². The van der Waals surface area contributed by atoms with E-state index >= 15 is 0 Å². The first-order valence-electron chi connectivity index (χ1n) is 7.70. The number of aryl methyl sites for hydroxylation is 1. The molecule has 0 aliphatic heterocycles. The van der Waals surface area contributed by atoms with Gasteiger partial charge < -0.3 is 4.57 Å². The minimum absolute atomic E-state index is 1.12. The van der Waals surface area contributed by atoms with Crippen LogP contribution in [0.3, 0.4) is 0 Å². The average molecular weight is 360 g/mol. The highest BCUT2D eigenvalue weighted by Crippen LogP contribution is 2.34. The van der Waals surface area contributed by atoms with Gasteiger partial charge in [-0.3, -0.25) is 0 Å². The molecule has 5 aromatic rings. The molecule has 1 aromatic heterocycles. The summed E-state index contributed by atoms with van der Waals surface area (Å²) in [6.07, 6.45) is 2.13. The zero-order valence-electron chi connectivity index (χ0n) is 12.7. The summed E-state index contributed by atoms with van der Waals surface area (Å²) in [4.78, 5) is 0. The molecule has 4 aromatic carbocycles. The number of benzene rings is 4. The van der Waals surface area contributed by atoms with Crippen LogP contribution >= 0.6 is 15.9 Å². The zero-order valence-corrected chi connectivity index (χ0v) is 14.3. The second kappa shape index (κ2) is 4.59. The van der Waals surface area contributed by atoms with Crippen molar-refractivity contribution >= 4 is 59.2 Å². The Hall–Kier alpha value is -2.32. The summed E-state index contributed by atoms with van der Waals surface area (Å²) < 4.78 is 3.33. The van der Waals surface area contributed by atoms with Crippen molar-refractivity contribution in [2.24, 2.45) is 7.05 Å². The topological polar surface area (TPSA) is 4.93 Å². The molecule has 23 heavy (non-hydrogen) atoms. The van der Waals surface area contributed by atoms with Crippen LogP contribution in [0.5, 0.6) is 0 Å². The van der Waals surface area contributed by atoms with E-state index in [2.05, 4.69) is 94.4 Å². The van der Waals surface area contributed by atoms with Crippen LogP contribution in [0.15, 0.2) is 71.3 Å². The van der Waals surface area contributed by atoms with E-state index in [1.807, 2.05) is 0 Å². The van der Waals surface area contributed by atoms with Gasteiger partial charge in [-0.2, -0.15) is 0 Å². The van der Waals surface area contributed by atoms with E-state index in [9.17, 15) is 0 Å². The first kappa shape index (κ1) is 13.1. The zero-order chi connectivity index (χ0) is 15.6. The number of nitrogens with zero attached hydrogens (tertiary/aromatic N) is 1. The summed E-state index contributed by atoms with van der Waals surface area (Å²) in [5, 5.41) is 9.09. The third-order valence-corrected chi connectivity index (χ3v) is 5.26. The van der Waals surface area contributed by atoms with Crippen LogP contribution in [0.1, 0.15) is 0 Å². The fourth-order valence-electron chi connectivity index (χ4n) is 3.65. The Labute approximate surface area is 142 Å². The summed E-state index contributed by atoms with van der Waals surface area (Å²) in [5.74, 6) is 0. The van der Waals surface area contributed by atoms with Crippen molar-refractivity contribution in [3.63, 3.8) is 0 Å². The highest BCUT2D eigenvalue weighted by Gasteiger charge is 2.08. The minimum atomic E-state index is 1.12. The largest absolute Gasteiger partial charge is 0.350 e. The standard InChI is InChI=1S/C21H14BrN/c1-23-9-8-13-3-6-18-19(21(13)23)7-4-15-10-16-11-17(22)5-2-14(16)12-20(15)18/h2-12H,1H3. The van der Waals surface area contributed by atoms with Gasteiger partial charge in [0.15, 0.2) is 0 Å². The molecule has 0 unspecified atom stereocenters. The van der Waals surface area contributed by atoms with E-state index < -0.39 is 0 Å². The molecule has 0 amide bonds. The quantitative estimate of drug-likeness (QED) is 0.222. The molecule has 110 valence electrons. The van der Waals surface area contributed by atoms with E-state index in [-0.39, 0.29) is 0 Å². The lowest BCUT2D eigenvalue weighted by molar-refractivity contribution is 0.973. The van der Waals surface area contributed by atoms with Gasteiger partial charge in [-0.1, -0.05) is 46.3 Å². The second-order valence-corrected chi connectivity index (χ2v) is 7.07. The van der Waals surface area contributed by atoms with Crippen LogP contribution in [-0.2, 0) is 7.05 Å². The van der Waals surface area contributed by atoms with Crippen molar-refractivity contribution in [1.29, 1.82) is 0 Å². The molecule has 0 aliphatic rings. The molecule has 0 spiro atoms. The van der Waals surface area contributed by atoms with Crippen LogP contribution in [0, 0.1) is 0 Å². The monoisotopic (exact) mass is 359 g/mol. The summed E-state index contributed by atoms with van der Waals surface area (Å²) in [6, 6.07) is 22.2. The number of fused-ring (bicyclic) bond motifs is 6. The lowest BCUT2D eigenvalue weighted by Gasteiger charge is -2.09. The van der Waals surface area contributed by atoms with Gasteiger partial charge >= 0.3 is 0 Å². The molecule has 0 atom stereocenters. The Kier molecular flexibility index (Phi) is 2.62. The van der Waals surface area contributed by atoms with E-state index in [1.165, 1.54) is 43.2 Å². The van der Waals surface area contributed by atoms with Gasteiger partial charge in [0.25, 0.3) is 0 Å². The van der Waals surface area contributed by atoms with E-state index in [0.717, 1.165) is 4.47 Å². The normalized spacial score (nSPS) is 11.9. The number of aromatic nitrogens is 1. The molecule has 0 saturated carbocycles. The first-order valence-corrected chi connectivity index (χ1v) is 8.50. The minimum Gasteiger partial charge on any atom is -0.350 e. The van der Waals surface area contributed by atoms with Gasteiger partial charge in [0.2, 0.25) is 0 Å². The summed E-state index contributed by atoms with van der Waals surface area (Å²) in [7, 11) is 2.11. The predicted molar refractivity (Wildman–Crippen MR) is 103 cm³/mol. The predicted octanol–water partition coefficient (Wildman–Crippen LogP) is 6.40.